The summed E-state index contributed by atoms with van der Waals surface area (Å²) in [4.78, 5) is 15.8. The Morgan fingerprint density at radius 3 is 2.80 bits per heavy atom. The second-order valence-corrected chi connectivity index (χ2v) is 4.23. The van der Waals surface area contributed by atoms with E-state index in [0.717, 1.165) is 17.1 Å². The molecule has 106 valence electrons. The first-order valence-corrected chi connectivity index (χ1v) is 6.14. The fourth-order valence-electron chi connectivity index (χ4n) is 1.69. The summed E-state index contributed by atoms with van der Waals surface area (Å²) in [6, 6.07) is 7.15. The molecule has 0 fully saturated rings. The van der Waals surface area contributed by atoms with Crippen LogP contribution in [-0.2, 0) is 13.6 Å². The number of hydrogen-bond acceptors (Lipinski definition) is 4. The monoisotopic (exact) mass is 275 g/mol. The maximum Gasteiger partial charge on any atom is 0.321 e. The first kappa shape index (κ1) is 13.9. The highest BCUT2D eigenvalue weighted by Crippen LogP contribution is 2.16. The molecule has 2 N–H and O–H groups in total. The molecule has 2 amide bonds. The molecule has 1 aromatic heterocycles. The summed E-state index contributed by atoms with van der Waals surface area (Å²) in [7, 11) is 3.36. The van der Waals surface area contributed by atoms with Gasteiger partial charge in [0.2, 0.25) is 5.95 Å². The largest absolute Gasteiger partial charge is 0.496 e. The minimum absolute atomic E-state index is 0.280. The molecule has 0 bridgehead atoms. The number of amides is 2. The smallest absolute Gasteiger partial charge is 0.321 e. The van der Waals surface area contributed by atoms with Crippen LogP contribution >= 0.6 is 0 Å². The van der Waals surface area contributed by atoms with Gasteiger partial charge in [-0.2, -0.15) is 4.98 Å². The lowest BCUT2D eigenvalue weighted by Gasteiger charge is -2.09. The highest BCUT2D eigenvalue weighted by molar-refractivity contribution is 5.87. The summed E-state index contributed by atoms with van der Waals surface area (Å²) in [6.07, 6.45) is 0. The second kappa shape index (κ2) is 6.05. The molecule has 7 nitrogen and oxygen atoms in total. The fraction of sp³-hybridized carbons (Fsp3) is 0.308. The summed E-state index contributed by atoms with van der Waals surface area (Å²) >= 11 is 0. The number of ether oxygens (including phenoxy) is 1. The number of carbonyl (C=O) groups excluding carboxylic acids is 1. The maximum atomic E-state index is 11.8. The van der Waals surface area contributed by atoms with Crippen LogP contribution in [0.25, 0.3) is 0 Å². The van der Waals surface area contributed by atoms with Crippen LogP contribution in [0.4, 0.5) is 10.7 Å². The van der Waals surface area contributed by atoms with E-state index in [2.05, 4.69) is 20.7 Å². The molecule has 0 atom stereocenters. The van der Waals surface area contributed by atoms with Gasteiger partial charge in [-0.15, -0.1) is 5.10 Å². The van der Waals surface area contributed by atoms with Gasteiger partial charge in [-0.05, 0) is 13.0 Å². The van der Waals surface area contributed by atoms with E-state index in [4.69, 9.17) is 4.74 Å². The number of anilines is 1. The fourth-order valence-corrected chi connectivity index (χ4v) is 1.69. The average molecular weight is 275 g/mol. The van der Waals surface area contributed by atoms with Gasteiger partial charge in [0.1, 0.15) is 11.6 Å². The molecule has 7 heteroatoms. The first-order chi connectivity index (χ1) is 9.60. The molecule has 1 heterocycles. The molecular formula is C13H17N5O2. The van der Waals surface area contributed by atoms with E-state index in [9.17, 15) is 4.79 Å². The molecule has 20 heavy (non-hydrogen) atoms. The zero-order valence-electron chi connectivity index (χ0n) is 11.7. The number of nitrogens with zero attached hydrogens (tertiary/aromatic N) is 3. The van der Waals surface area contributed by atoms with Gasteiger partial charge < -0.3 is 10.1 Å². The Labute approximate surface area is 117 Å². The number of hydrogen-bond donors (Lipinski definition) is 2. The van der Waals surface area contributed by atoms with Crippen LogP contribution < -0.4 is 15.4 Å². The van der Waals surface area contributed by atoms with Gasteiger partial charge in [-0.1, -0.05) is 18.2 Å². The number of methoxy groups -OCH3 is 1. The van der Waals surface area contributed by atoms with Crippen molar-refractivity contribution in [3.8, 4) is 5.75 Å². The Morgan fingerprint density at radius 1 is 1.40 bits per heavy atom. The predicted octanol–water partition coefficient (Wildman–Crippen LogP) is 1.45. The van der Waals surface area contributed by atoms with Crippen LogP contribution in [-0.4, -0.2) is 27.9 Å². The molecule has 0 radical (unpaired) electrons. The Balaban J connectivity index is 1.92. The lowest BCUT2D eigenvalue weighted by molar-refractivity contribution is 0.251. The first-order valence-electron chi connectivity index (χ1n) is 6.14. The van der Waals surface area contributed by atoms with Crippen molar-refractivity contribution in [3.63, 3.8) is 0 Å². The predicted molar refractivity (Wildman–Crippen MR) is 74.6 cm³/mol. The molecule has 2 aromatic rings. The summed E-state index contributed by atoms with van der Waals surface area (Å²) in [6.45, 7) is 2.17. The number of aromatic nitrogens is 3. The van der Waals surface area contributed by atoms with Crippen LogP contribution in [0.3, 0.4) is 0 Å². The van der Waals surface area contributed by atoms with Crippen molar-refractivity contribution in [2.45, 2.75) is 13.5 Å². The van der Waals surface area contributed by atoms with Crippen molar-refractivity contribution in [1.29, 1.82) is 0 Å². The van der Waals surface area contributed by atoms with Crippen LogP contribution in [0.15, 0.2) is 24.3 Å². The minimum atomic E-state index is -0.360. The van der Waals surface area contributed by atoms with Crippen LogP contribution in [0.2, 0.25) is 0 Å². The van der Waals surface area contributed by atoms with E-state index >= 15 is 0 Å². The molecule has 2 rings (SSSR count). The standard InChI is InChI=1S/C13H17N5O2/c1-9-15-12(17-18(9)2)16-13(19)14-8-10-6-4-5-7-11(10)20-3/h4-7H,8H2,1-3H3,(H2,14,16,17,19). The van der Waals surface area contributed by atoms with E-state index in [-0.39, 0.29) is 12.0 Å². The minimum Gasteiger partial charge on any atom is -0.496 e. The molecule has 0 aliphatic rings. The molecule has 0 spiro atoms. The van der Waals surface area contributed by atoms with Gasteiger partial charge in [-0.25, -0.2) is 4.79 Å². The third-order valence-electron chi connectivity index (χ3n) is 2.84. The molecule has 0 saturated heterocycles. The normalized spacial score (nSPS) is 10.2. The molecular weight excluding hydrogens is 258 g/mol. The summed E-state index contributed by atoms with van der Waals surface area (Å²) in [5.41, 5.74) is 0.898. The van der Waals surface area contributed by atoms with E-state index < -0.39 is 0 Å². The Bertz CT molecular complexity index is 589. The Kier molecular flexibility index (Phi) is 4.19. The zero-order chi connectivity index (χ0) is 14.5. The highest BCUT2D eigenvalue weighted by Gasteiger charge is 2.08. The SMILES string of the molecule is COc1ccccc1CNC(=O)Nc1nc(C)n(C)n1. The quantitative estimate of drug-likeness (QED) is 0.885. The molecule has 0 unspecified atom stereocenters. The maximum absolute atomic E-state index is 11.8. The Morgan fingerprint density at radius 2 is 2.15 bits per heavy atom. The van der Waals surface area contributed by atoms with Crippen LogP contribution in [0.1, 0.15) is 11.4 Å². The van der Waals surface area contributed by atoms with Crippen LogP contribution in [0, 0.1) is 6.92 Å². The van der Waals surface area contributed by atoms with E-state index in [1.54, 1.807) is 18.8 Å². The van der Waals surface area contributed by atoms with E-state index in [1.807, 2.05) is 31.2 Å². The lowest BCUT2D eigenvalue weighted by Crippen LogP contribution is -2.28. The van der Waals surface area contributed by atoms with Crippen molar-refractivity contribution >= 4 is 12.0 Å². The number of urea groups is 1. The van der Waals surface area contributed by atoms with Crippen molar-refractivity contribution in [2.24, 2.45) is 7.05 Å². The number of carbonyl (C=O) groups is 1. The van der Waals surface area contributed by atoms with Gasteiger partial charge in [0.25, 0.3) is 0 Å². The third-order valence-corrected chi connectivity index (χ3v) is 2.84. The molecule has 0 aliphatic heterocycles. The van der Waals surface area contributed by atoms with Gasteiger partial charge in [-0.3, -0.25) is 10.00 Å². The van der Waals surface area contributed by atoms with Crippen molar-refractivity contribution < 1.29 is 9.53 Å². The molecule has 1 aromatic carbocycles. The molecule has 0 aliphatic carbocycles. The van der Waals surface area contributed by atoms with E-state index in [0.29, 0.717) is 6.54 Å². The van der Waals surface area contributed by atoms with Gasteiger partial charge in [0, 0.05) is 19.2 Å². The Hall–Kier alpha value is -2.57. The lowest BCUT2D eigenvalue weighted by atomic mass is 10.2. The van der Waals surface area contributed by atoms with Gasteiger partial charge >= 0.3 is 6.03 Å². The van der Waals surface area contributed by atoms with Gasteiger partial charge in [0.05, 0.1) is 7.11 Å². The zero-order valence-corrected chi connectivity index (χ0v) is 11.7. The third kappa shape index (κ3) is 3.25. The summed E-state index contributed by atoms with van der Waals surface area (Å²) in [5.74, 6) is 1.74. The van der Waals surface area contributed by atoms with Crippen molar-refractivity contribution in [2.75, 3.05) is 12.4 Å². The number of nitrogens with one attached hydrogen (secondary N) is 2. The molecule has 0 saturated carbocycles. The average Bonchev–Trinajstić information content (AvgIpc) is 2.75. The summed E-state index contributed by atoms with van der Waals surface area (Å²) in [5, 5.41) is 9.36. The van der Waals surface area contributed by atoms with Crippen molar-refractivity contribution in [3.05, 3.63) is 35.7 Å². The number of para-hydroxylation sites is 1. The van der Waals surface area contributed by atoms with E-state index in [1.165, 1.54) is 0 Å². The van der Waals surface area contributed by atoms with Gasteiger partial charge in [0.15, 0.2) is 0 Å². The van der Waals surface area contributed by atoms with Crippen molar-refractivity contribution in [1.82, 2.24) is 20.1 Å². The summed E-state index contributed by atoms with van der Waals surface area (Å²) < 4.78 is 6.81. The number of rotatable bonds is 4. The number of benzene rings is 1. The highest BCUT2D eigenvalue weighted by atomic mass is 16.5. The topological polar surface area (TPSA) is 81.1 Å². The van der Waals surface area contributed by atoms with Crippen LogP contribution in [0.5, 0.6) is 5.75 Å². The second-order valence-electron chi connectivity index (χ2n) is 4.23. The number of aryl methyl sites for hydroxylation is 2.